The number of hydrogen-bond donors (Lipinski definition) is 1. The first kappa shape index (κ1) is 23.9. The Hall–Kier alpha value is -3.27. The van der Waals surface area contributed by atoms with Crippen molar-refractivity contribution in [2.24, 2.45) is 0 Å². The van der Waals surface area contributed by atoms with E-state index in [1.54, 1.807) is 44.7 Å². The molecule has 1 fully saturated rings. The molecule has 0 saturated carbocycles. The minimum Gasteiger partial charge on any atom is -0.496 e. The first-order chi connectivity index (χ1) is 16.0. The van der Waals surface area contributed by atoms with Gasteiger partial charge in [0.25, 0.3) is 5.91 Å². The third-order valence-corrected chi connectivity index (χ3v) is 7.16. The van der Waals surface area contributed by atoms with Crippen molar-refractivity contribution in [1.29, 1.82) is 0 Å². The number of ether oxygens (including phenoxy) is 1. The Morgan fingerprint density at radius 3 is 2.59 bits per heavy atom. The summed E-state index contributed by atoms with van der Waals surface area (Å²) in [5, 5.41) is 16.6. The number of amides is 1. The van der Waals surface area contributed by atoms with Crippen LogP contribution in [-0.2, 0) is 10.2 Å². The van der Waals surface area contributed by atoms with E-state index in [0.717, 1.165) is 5.56 Å². The lowest BCUT2D eigenvalue weighted by Crippen LogP contribution is -2.51. The van der Waals surface area contributed by atoms with Crippen LogP contribution >= 0.6 is 11.3 Å². The summed E-state index contributed by atoms with van der Waals surface area (Å²) in [6.45, 7) is 9.43. The maximum Gasteiger partial charge on any atom is 0.329 e. The molecular weight excluding hydrogens is 456 g/mol. The van der Waals surface area contributed by atoms with E-state index in [2.05, 4.69) is 35.9 Å². The number of methoxy groups -OCH3 is 1. The predicted octanol–water partition coefficient (Wildman–Crippen LogP) is 4.35. The summed E-state index contributed by atoms with van der Waals surface area (Å²) in [6.07, 6.45) is 1.74. The lowest BCUT2D eigenvalue weighted by Gasteiger charge is -2.35. The van der Waals surface area contributed by atoms with Crippen LogP contribution in [0.2, 0.25) is 0 Å². The van der Waals surface area contributed by atoms with E-state index >= 15 is 0 Å². The van der Waals surface area contributed by atoms with Gasteiger partial charge in [-0.05, 0) is 43.4 Å². The zero-order valence-electron chi connectivity index (χ0n) is 20.0. The van der Waals surface area contributed by atoms with Crippen molar-refractivity contribution in [2.45, 2.75) is 64.0 Å². The van der Waals surface area contributed by atoms with Gasteiger partial charge in [0, 0.05) is 17.1 Å². The van der Waals surface area contributed by atoms with Gasteiger partial charge in [-0.3, -0.25) is 4.79 Å². The summed E-state index contributed by atoms with van der Waals surface area (Å²) in [4.78, 5) is 36.8. The zero-order valence-corrected chi connectivity index (χ0v) is 20.8. The average Bonchev–Trinajstić information content (AvgIpc) is 3.51. The van der Waals surface area contributed by atoms with Crippen molar-refractivity contribution in [3.63, 3.8) is 0 Å². The Morgan fingerprint density at radius 2 is 2.06 bits per heavy atom. The molecule has 3 heterocycles. The van der Waals surface area contributed by atoms with Crippen molar-refractivity contribution >= 4 is 23.2 Å². The molecule has 9 nitrogen and oxygen atoms in total. The van der Waals surface area contributed by atoms with E-state index in [-0.39, 0.29) is 11.8 Å². The van der Waals surface area contributed by atoms with Crippen LogP contribution in [-0.4, -0.2) is 49.7 Å². The van der Waals surface area contributed by atoms with Gasteiger partial charge < -0.3 is 19.3 Å². The molecule has 3 atom stereocenters. The molecule has 1 aliphatic rings. The van der Waals surface area contributed by atoms with Crippen molar-refractivity contribution in [2.75, 3.05) is 7.11 Å². The number of carbonyl (C=O) groups excluding carboxylic acids is 1. The topological polar surface area (TPSA) is 119 Å². The highest BCUT2D eigenvalue weighted by Gasteiger charge is 2.59. The van der Waals surface area contributed by atoms with Crippen molar-refractivity contribution in [1.82, 2.24) is 20.0 Å². The van der Waals surface area contributed by atoms with Crippen LogP contribution in [0.5, 0.6) is 5.75 Å². The Morgan fingerprint density at radius 1 is 1.32 bits per heavy atom. The number of benzene rings is 1. The van der Waals surface area contributed by atoms with Crippen molar-refractivity contribution < 1.29 is 24.0 Å². The van der Waals surface area contributed by atoms with Gasteiger partial charge in [0.2, 0.25) is 5.89 Å². The second-order valence-corrected chi connectivity index (χ2v) is 10.7. The first-order valence-electron chi connectivity index (χ1n) is 10.9. The normalized spacial score (nSPS) is 22.7. The Labute approximate surface area is 201 Å². The molecule has 0 bridgehead atoms. The quantitative estimate of drug-likeness (QED) is 0.568. The number of carboxylic acid groups (broad SMARTS) is 1. The molecule has 4 rings (SSSR count). The van der Waals surface area contributed by atoms with E-state index in [1.807, 2.05) is 6.07 Å². The minimum atomic E-state index is -1.52. The van der Waals surface area contributed by atoms with E-state index in [9.17, 15) is 14.7 Å². The SMILES string of the molecule is COc1cc(C(=O)N2C(c3nccs3)C(c3nc(C)no3)CC2(C)C(=O)O)ccc1C(C)(C)C. The van der Waals surface area contributed by atoms with Gasteiger partial charge in [-0.1, -0.05) is 32.0 Å². The molecule has 180 valence electrons. The van der Waals surface area contributed by atoms with Gasteiger partial charge in [0.15, 0.2) is 5.82 Å². The van der Waals surface area contributed by atoms with Crippen LogP contribution in [0.3, 0.4) is 0 Å². The minimum absolute atomic E-state index is 0.108. The lowest BCUT2D eigenvalue weighted by atomic mass is 9.85. The van der Waals surface area contributed by atoms with E-state index in [1.165, 1.54) is 16.2 Å². The monoisotopic (exact) mass is 484 g/mol. The highest BCUT2D eigenvalue weighted by atomic mass is 32.1. The maximum absolute atomic E-state index is 14.0. The van der Waals surface area contributed by atoms with Crippen molar-refractivity contribution in [3.05, 3.63) is 57.6 Å². The zero-order chi connectivity index (χ0) is 24.8. The van der Waals surface area contributed by atoms with Gasteiger partial charge in [0.1, 0.15) is 16.3 Å². The first-order valence-corrected chi connectivity index (χ1v) is 11.8. The average molecular weight is 485 g/mol. The molecule has 1 saturated heterocycles. The lowest BCUT2D eigenvalue weighted by molar-refractivity contribution is -0.147. The number of hydrogen-bond acceptors (Lipinski definition) is 8. The summed E-state index contributed by atoms with van der Waals surface area (Å²) in [6, 6.07) is 4.57. The fourth-order valence-electron chi connectivity index (χ4n) is 4.60. The number of aromatic nitrogens is 3. The Balaban J connectivity index is 1.86. The van der Waals surface area contributed by atoms with Crippen LogP contribution in [0.4, 0.5) is 0 Å². The van der Waals surface area contributed by atoms with E-state index in [4.69, 9.17) is 9.26 Å². The highest BCUT2D eigenvalue weighted by molar-refractivity contribution is 7.09. The fraction of sp³-hybridized carbons (Fsp3) is 0.458. The Bertz CT molecular complexity index is 1220. The molecule has 0 aliphatic carbocycles. The highest BCUT2D eigenvalue weighted by Crippen LogP contribution is 2.52. The van der Waals surface area contributed by atoms with Crippen LogP contribution in [0.1, 0.15) is 78.7 Å². The molecule has 34 heavy (non-hydrogen) atoms. The molecule has 0 radical (unpaired) electrons. The summed E-state index contributed by atoms with van der Waals surface area (Å²) in [5.74, 6) is -0.752. The number of carboxylic acids is 1. The Kier molecular flexibility index (Phi) is 5.97. The number of aliphatic carboxylic acids is 1. The third-order valence-electron chi connectivity index (χ3n) is 6.31. The molecule has 3 unspecified atom stereocenters. The second-order valence-electron chi connectivity index (χ2n) is 9.72. The standard InChI is InChI=1S/C24H28N4O5S/c1-13-26-19(33-27-13)15-12-24(5,22(30)31)28(18(15)20-25-9-10-34-20)21(29)14-7-8-16(23(2,3)4)17(11-14)32-6/h7-11,15,18H,12H2,1-6H3,(H,30,31). The van der Waals surface area contributed by atoms with Crippen LogP contribution < -0.4 is 4.74 Å². The fourth-order valence-corrected chi connectivity index (χ4v) is 5.39. The molecule has 10 heteroatoms. The number of likely N-dealkylation sites (tertiary alicyclic amines) is 1. The molecule has 1 N–H and O–H groups in total. The molecule has 0 spiro atoms. The van der Waals surface area contributed by atoms with Crippen LogP contribution in [0.25, 0.3) is 0 Å². The summed E-state index contributed by atoms with van der Waals surface area (Å²) in [7, 11) is 1.56. The number of nitrogens with zero attached hydrogens (tertiary/aromatic N) is 4. The molecule has 1 aromatic carbocycles. The molecule has 1 aliphatic heterocycles. The predicted molar refractivity (Wildman–Crippen MR) is 125 cm³/mol. The second kappa shape index (κ2) is 8.50. The van der Waals surface area contributed by atoms with Gasteiger partial charge in [-0.25, -0.2) is 9.78 Å². The summed E-state index contributed by atoms with van der Waals surface area (Å²) >= 11 is 1.36. The summed E-state index contributed by atoms with van der Waals surface area (Å²) < 4.78 is 11.0. The number of carbonyl (C=O) groups is 2. The van der Waals surface area contributed by atoms with E-state index in [0.29, 0.717) is 28.0 Å². The summed E-state index contributed by atoms with van der Waals surface area (Å²) in [5.41, 5.74) is -0.428. The van der Waals surface area contributed by atoms with Crippen LogP contribution in [0.15, 0.2) is 34.3 Å². The van der Waals surface area contributed by atoms with Crippen LogP contribution in [0, 0.1) is 6.92 Å². The van der Waals surface area contributed by atoms with E-state index < -0.39 is 29.4 Å². The maximum atomic E-state index is 14.0. The number of rotatable bonds is 5. The largest absolute Gasteiger partial charge is 0.496 e. The smallest absolute Gasteiger partial charge is 0.329 e. The molecule has 2 aromatic heterocycles. The van der Waals surface area contributed by atoms with Gasteiger partial charge in [0.05, 0.1) is 19.1 Å². The third kappa shape index (κ3) is 3.96. The van der Waals surface area contributed by atoms with Gasteiger partial charge >= 0.3 is 5.97 Å². The van der Waals surface area contributed by atoms with Gasteiger partial charge in [-0.15, -0.1) is 11.3 Å². The molecule has 1 amide bonds. The molecular formula is C24H28N4O5S. The number of thiazole rings is 1. The van der Waals surface area contributed by atoms with Crippen molar-refractivity contribution in [3.8, 4) is 5.75 Å². The van der Waals surface area contributed by atoms with Gasteiger partial charge in [-0.2, -0.15) is 4.98 Å². The molecule has 3 aromatic rings. The number of aryl methyl sites for hydroxylation is 1.